The number of ether oxygens (including phenoxy) is 2. The van der Waals surface area contributed by atoms with Crippen LogP contribution in [0.25, 0.3) is 10.9 Å². The lowest BCUT2D eigenvalue weighted by molar-refractivity contribution is -0.147. The zero-order chi connectivity index (χ0) is 23.3. The van der Waals surface area contributed by atoms with Crippen molar-refractivity contribution in [2.24, 2.45) is 0 Å². The fourth-order valence-electron chi connectivity index (χ4n) is 3.76. The van der Waals surface area contributed by atoms with E-state index in [0.717, 1.165) is 17.4 Å². The van der Waals surface area contributed by atoms with Crippen molar-refractivity contribution < 1.29 is 19.1 Å². The number of terminal acetylenes is 1. The van der Waals surface area contributed by atoms with Gasteiger partial charge >= 0.3 is 5.97 Å². The minimum atomic E-state index is -0.345. The Labute approximate surface area is 193 Å². The van der Waals surface area contributed by atoms with E-state index in [-0.39, 0.29) is 24.4 Å². The molecule has 1 heterocycles. The molecule has 6 heteroatoms. The Bertz CT molecular complexity index is 1170. The van der Waals surface area contributed by atoms with E-state index in [0.29, 0.717) is 40.4 Å². The molecule has 166 valence electrons. The molecule has 0 aliphatic carbocycles. The van der Waals surface area contributed by atoms with Gasteiger partial charge in [-0.2, -0.15) is 0 Å². The van der Waals surface area contributed by atoms with Crippen molar-refractivity contribution in [2.75, 3.05) is 7.11 Å². The number of benzene rings is 2. The summed E-state index contributed by atoms with van der Waals surface area (Å²) in [4.78, 5) is 26.0. The van der Waals surface area contributed by atoms with Crippen LogP contribution in [-0.4, -0.2) is 29.7 Å². The first kappa shape index (κ1) is 23.4. The number of hydrogen-bond donors (Lipinski definition) is 0. The molecular weight excluding hydrogens is 426 g/mol. The van der Waals surface area contributed by atoms with Gasteiger partial charge in [-0.15, -0.1) is 12.3 Å². The molecule has 0 bridgehead atoms. The molecule has 0 spiro atoms. The molecular formula is C26H26ClNO4. The summed E-state index contributed by atoms with van der Waals surface area (Å²) in [5.74, 6) is 2.69. The summed E-state index contributed by atoms with van der Waals surface area (Å²) in [6.07, 6.45) is 7.27. The van der Waals surface area contributed by atoms with Gasteiger partial charge in [-0.25, -0.2) is 0 Å². The predicted octanol–water partition coefficient (Wildman–Crippen LogP) is 5.58. The van der Waals surface area contributed by atoms with Crippen molar-refractivity contribution in [3.8, 4) is 18.1 Å². The molecule has 0 saturated heterocycles. The first-order valence-corrected chi connectivity index (χ1v) is 10.8. The van der Waals surface area contributed by atoms with Crippen molar-refractivity contribution in [1.82, 2.24) is 4.57 Å². The number of halogens is 1. The number of methoxy groups -OCH3 is 1. The third-order valence-corrected chi connectivity index (χ3v) is 5.67. The van der Waals surface area contributed by atoms with Crippen LogP contribution in [0.4, 0.5) is 0 Å². The highest BCUT2D eigenvalue weighted by molar-refractivity contribution is 6.30. The minimum Gasteiger partial charge on any atom is -0.497 e. The molecule has 0 aliphatic rings. The van der Waals surface area contributed by atoms with Crippen LogP contribution in [0, 0.1) is 19.3 Å². The molecule has 1 atom stereocenters. The van der Waals surface area contributed by atoms with E-state index in [1.54, 1.807) is 42.0 Å². The Hall–Kier alpha value is -3.23. The van der Waals surface area contributed by atoms with Crippen LogP contribution in [-0.2, 0) is 16.0 Å². The lowest BCUT2D eigenvalue weighted by Crippen LogP contribution is -2.18. The zero-order valence-electron chi connectivity index (χ0n) is 18.5. The fraction of sp³-hybridized carbons (Fsp3) is 0.308. The van der Waals surface area contributed by atoms with Gasteiger partial charge in [0.2, 0.25) is 0 Å². The van der Waals surface area contributed by atoms with Gasteiger partial charge in [-0.1, -0.05) is 11.6 Å². The van der Waals surface area contributed by atoms with Crippen LogP contribution in [0.5, 0.6) is 5.75 Å². The van der Waals surface area contributed by atoms with Gasteiger partial charge in [0.1, 0.15) is 5.75 Å². The number of fused-ring (bicyclic) bond motifs is 1. The van der Waals surface area contributed by atoms with E-state index in [1.165, 1.54) is 0 Å². The van der Waals surface area contributed by atoms with Crippen LogP contribution in [0.2, 0.25) is 5.02 Å². The highest BCUT2D eigenvalue weighted by Gasteiger charge is 2.23. The first-order valence-electron chi connectivity index (χ1n) is 10.5. The third-order valence-electron chi connectivity index (χ3n) is 5.42. The zero-order valence-corrected chi connectivity index (χ0v) is 19.2. The minimum absolute atomic E-state index is 0.0515. The van der Waals surface area contributed by atoms with E-state index in [2.05, 4.69) is 5.92 Å². The summed E-state index contributed by atoms with van der Waals surface area (Å²) < 4.78 is 12.6. The lowest BCUT2D eigenvalue weighted by atomic mass is 10.1. The summed E-state index contributed by atoms with van der Waals surface area (Å²) in [7, 11) is 1.58. The molecule has 1 unspecified atom stereocenters. The van der Waals surface area contributed by atoms with Crippen molar-refractivity contribution in [1.29, 1.82) is 0 Å². The van der Waals surface area contributed by atoms with Gasteiger partial charge in [-0.3, -0.25) is 14.2 Å². The van der Waals surface area contributed by atoms with Gasteiger partial charge in [0, 0.05) is 28.1 Å². The number of nitrogens with zero attached hydrogens (tertiary/aromatic N) is 1. The maximum atomic E-state index is 13.3. The second-order valence-electron chi connectivity index (χ2n) is 7.67. The van der Waals surface area contributed by atoms with E-state index in [4.69, 9.17) is 27.5 Å². The van der Waals surface area contributed by atoms with Crippen molar-refractivity contribution in [3.63, 3.8) is 0 Å². The lowest BCUT2D eigenvalue weighted by Gasteiger charge is -2.13. The second kappa shape index (κ2) is 10.4. The van der Waals surface area contributed by atoms with E-state index >= 15 is 0 Å². The van der Waals surface area contributed by atoms with Crippen LogP contribution < -0.4 is 4.74 Å². The number of carbonyl (C=O) groups is 2. The maximum Gasteiger partial charge on any atom is 0.310 e. The molecule has 1 aromatic heterocycles. The summed E-state index contributed by atoms with van der Waals surface area (Å²) in [5, 5.41) is 1.33. The standard InChI is InChI=1S/C26H26ClNO4/c1-5-6-7-8-17(2)32-25(29)16-22-18(3)28(24-14-13-21(31-4)15-23(22)24)26(30)19-9-11-20(27)12-10-19/h1,9-15,17H,6-8,16H2,2-4H3. The molecule has 32 heavy (non-hydrogen) atoms. The molecule has 3 rings (SSSR count). The SMILES string of the molecule is C#CCCCC(C)OC(=O)Cc1c(C)n(C(=O)c2ccc(Cl)cc2)c2ccc(OC)cc12. The molecule has 5 nitrogen and oxygen atoms in total. The molecule has 0 fully saturated rings. The Morgan fingerprint density at radius 1 is 1.19 bits per heavy atom. The van der Waals surface area contributed by atoms with Crippen LogP contribution >= 0.6 is 11.6 Å². The van der Waals surface area contributed by atoms with Crippen LogP contribution in [0.3, 0.4) is 0 Å². The summed E-state index contributed by atoms with van der Waals surface area (Å²) in [5.41, 5.74) is 2.63. The Morgan fingerprint density at radius 2 is 1.91 bits per heavy atom. The van der Waals surface area contributed by atoms with Gasteiger partial charge in [-0.05, 0) is 74.7 Å². The van der Waals surface area contributed by atoms with Gasteiger partial charge in [0.05, 0.1) is 25.2 Å². The molecule has 0 aliphatic heterocycles. The Kier molecular flexibility index (Phi) is 7.61. The van der Waals surface area contributed by atoms with Crippen molar-refractivity contribution in [3.05, 3.63) is 64.3 Å². The summed E-state index contributed by atoms with van der Waals surface area (Å²) >= 11 is 5.97. The van der Waals surface area contributed by atoms with Crippen molar-refractivity contribution in [2.45, 2.75) is 45.6 Å². The summed E-state index contributed by atoms with van der Waals surface area (Å²) in [6.45, 7) is 3.69. The van der Waals surface area contributed by atoms with Gasteiger partial charge < -0.3 is 9.47 Å². The van der Waals surface area contributed by atoms with Crippen LogP contribution in [0.1, 0.15) is 47.8 Å². The van der Waals surface area contributed by atoms with E-state index < -0.39 is 0 Å². The molecule has 0 N–H and O–H groups in total. The van der Waals surface area contributed by atoms with E-state index in [9.17, 15) is 9.59 Å². The highest BCUT2D eigenvalue weighted by Crippen LogP contribution is 2.31. The topological polar surface area (TPSA) is 57.5 Å². The highest BCUT2D eigenvalue weighted by atomic mass is 35.5. The molecule has 2 aromatic carbocycles. The Morgan fingerprint density at radius 3 is 2.56 bits per heavy atom. The molecule has 3 aromatic rings. The summed E-state index contributed by atoms with van der Waals surface area (Å²) in [6, 6.07) is 12.2. The third kappa shape index (κ3) is 5.15. The number of unbranched alkanes of at least 4 members (excludes halogenated alkanes) is 1. The number of carbonyl (C=O) groups excluding carboxylic acids is 2. The van der Waals surface area contributed by atoms with Gasteiger partial charge in [0.15, 0.2) is 0 Å². The van der Waals surface area contributed by atoms with E-state index in [1.807, 2.05) is 26.0 Å². The smallest absolute Gasteiger partial charge is 0.310 e. The molecule has 0 amide bonds. The fourth-order valence-corrected chi connectivity index (χ4v) is 3.88. The second-order valence-corrected chi connectivity index (χ2v) is 8.10. The monoisotopic (exact) mass is 451 g/mol. The number of aromatic nitrogens is 1. The normalized spacial score (nSPS) is 11.7. The average Bonchev–Trinajstić information content (AvgIpc) is 3.04. The number of hydrogen-bond acceptors (Lipinski definition) is 4. The molecule has 0 radical (unpaired) electrons. The Balaban J connectivity index is 1.96. The number of rotatable bonds is 8. The largest absolute Gasteiger partial charge is 0.497 e. The maximum absolute atomic E-state index is 13.3. The first-order chi connectivity index (χ1) is 15.3. The van der Waals surface area contributed by atoms with Gasteiger partial charge in [0.25, 0.3) is 5.91 Å². The van der Waals surface area contributed by atoms with Crippen molar-refractivity contribution >= 4 is 34.4 Å². The predicted molar refractivity (Wildman–Crippen MR) is 126 cm³/mol. The van der Waals surface area contributed by atoms with Crippen LogP contribution in [0.15, 0.2) is 42.5 Å². The molecule has 0 saturated carbocycles. The number of esters is 1. The average molecular weight is 452 g/mol. The quantitative estimate of drug-likeness (QED) is 0.255.